The van der Waals surface area contributed by atoms with E-state index in [9.17, 15) is 14.9 Å². The number of benzene rings is 1. The summed E-state index contributed by atoms with van der Waals surface area (Å²) < 4.78 is 0. The van der Waals surface area contributed by atoms with E-state index in [4.69, 9.17) is 16.9 Å². The zero-order valence-electron chi connectivity index (χ0n) is 8.36. The summed E-state index contributed by atoms with van der Waals surface area (Å²) in [6.07, 6.45) is 0. The molecule has 0 saturated carbocycles. The Morgan fingerprint density at radius 1 is 1.62 bits per heavy atom. The highest BCUT2D eigenvalue weighted by atomic mass is 35.5. The lowest BCUT2D eigenvalue weighted by atomic mass is 10.0. The average molecular weight is 239 g/mol. The first-order valence-corrected chi connectivity index (χ1v) is 4.83. The predicted octanol–water partition coefficient (Wildman–Crippen LogP) is 2.20. The second-order valence-electron chi connectivity index (χ2n) is 3.11. The molecule has 0 radical (unpaired) electrons. The largest absolute Gasteiger partial charge is 0.293 e. The number of nitriles is 1. The van der Waals surface area contributed by atoms with Gasteiger partial charge < -0.3 is 0 Å². The molecule has 82 valence electrons. The van der Waals surface area contributed by atoms with Crippen LogP contribution in [0.2, 0.25) is 0 Å². The SMILES string of the molecule is Cc1cc([N+](=O)[O-])c(C#N)cc1C(=O)CCl. The normalized spacial score (nSPS) is 9.56. The number of Topliss-reactive ketones (excluding diaryl/α,β-unsaturated/α-hetero) is 1. The zero-order valence-corrected chi connectivity index (χ0v) is 9.11. The van der Waals surface area contributed by atoms with Crippen molar-refractivity contribution < 1.29 is 9.72 Å². The number of hydrogen-bond acceptors (Lipinski definition) is 4. The van der Waals surface area contributed by atoms with Crippen molar-refractivity contribution in [3.63, 3.8) is 0 Å². The fourth-order valence-electron chi connectivity index (χ4n) is 1.31. The van der Waals surface area contributed by atoms with E-state index in [-0.39, 0.29) is 28.5 Å². The van der Waals surface area contributed by atoms with Crippen LogP contribution in [0.15, 0.2) is 12.1 Å². The van der Waals surface area contributed by atoms with Gasteiger partial charge >= 0.3 is 0 Å². The molecule has 0 unspecified atom stereocenters. The van der Waals surface area contributed by atoms with Crippen molar-refractivity contribution in [2.24, 2.45) is 0 Å². The van der Waals surface area contributed by atoms with Gasteiger partial charge in [-0.15, -0.1) is 11.6 Å². The minimum atomic E-state index is -0.652. The minimum absolute atomic E-state index is 0.135. The summed E-state index contributed by atoms with van der Waals surface area (Å²) in [5.74, 6) is -0.575. The molecule has 0 amide bonds. The molecular formula is C10H7ClN2O3. The molecule has 5 nitrogen and oxygen atoms in total. The van der Waals surface area contributed by atoms with Crippen LogP contribution in [-0.2, 0) is 0 Å². The summed E-state index contributed by atoms with van der Waals surface area (Å²) in [5, 5.41) is 19.4. The first kappa shape index (κ1) is 12.1. The zero-order chi connectivity index (χ0) is 12.3. The van der Waals surface area contributed by atoms with Crippen LogP contribution in [0.1, 0.15) is 21.5 Å². The van der Waals surface area contributed by atoms with Gasteiger partial charge in [0.15, 0.2) is 5.78 Å². The summed E-state index contributed by atoms with van der Waals surface area (Å²) in [7, 11) is 0. The standard InChI is InChI=1S/C10H7ClN2O3/c1-6-2-9(13(15)16)7(5-12)3-8(6)10(14)4-11/h2-3H,4H2,1H3. The number of nitro benzene ring substituents is 1. The molecule has 0 aliphatic rings. The lowest BCUT2D eigenvalue weighted by molar-refractivity contribution is -0.385. The van der Waals surface area contributed by atoms with Gasteiger partial charge in [-0.25, -0.2) is 0 Å². The topological polar surface area (TPSA) is 84.0 Å². The first-order chi connectivity index (χ1) is 7.51. The lowest BCUT2D eigenvalue weighted by Crippen LogP contribution is -2.05. The van der Waals surface area contributed by atoms with Gasteiger partial charge in [0.25, 0.3) is 5.69 Å². The maximum Gasteiger partial charge on any atom is 0.287 e. The smallest absolute Gasteiger partial charge is 0.287 e. The first-order valence-electron chi connectivity index (χ1n) is 4.29. The van der Waals surface area contributed by atoms with Gasteiger partial charge in [-0.05, 0) is 18.6 Å². The predicted molar refractivity (Wildman–Crippen MR) is 57.6 cm³/mol. The molecule has 0 saturated heterocycles. The van der Waals surface area contributed by atoms with Crippen molar-refractivity contribution in [3.8, 4) is 6.07 Å². The highest BCUT2D eigenvalue weighted by molar-refractivity contribution is 6.30. The Kier molecular flexibility index (Phi) is 3.59. The Bertz CT molecular complexity index is 506. The number of carbonyl (C=O) groups is 1. The fourth-order valence-corrected chi connectivity index (χ4v) is 1.45. The van der Waals surface area contributed by atoms with Crippen LogP contribution in [0, 0.1) is 28.4 Å². The number of ketones is 1. The third-order valence-electron chi connectivity index (χ3n) is 2.08. The summed E-state index contributed by atoms with van der Waals surface area (Å²) in [4.78, 5) is 21.3. The van der Waals surface area contributed by atoms with Crippen molar-refractivity contribution in [1.82, 2.24) is 0 Å². The molecule has 0 atom stereocenters. The van der Waals surface area contributed by atoms with Crippen LogP contribution in [0.25, 0.3) is 0 Å². The molecule has 0 aliphatic carbocycles. The van der Waals surface area contributed by atoms with Crippen LogP contribution in [-0.4, -0.2) is 16.6 Å². The van der Waals surface area contributed by atoms with Crippen molar-refractivity contribution in [2.45, 2.75) is 6.92 Å². The molecule has 0 fully saturated rings. The van der Waals surface area contributed by atoms with Crippen LogP contribution >= 0.6 is 11.6 Å². The van der Waals surface area contributed by atoms with Gasteiger partial charge in [0, 0.05) is 11.6 Å². The molecule has 1 aromatic rings. The number of aryl methyl sites for hydroxylation is 1. The third kappa shape index (κ3) is 2.18. The lowest BCUT2D eigenvalue weighted by Gasteiger charge is -2.03. The maximum atomic E-state index is 11.4. The molecule has 6 heteroatoms. The molecular weight excluding hydrogens is 232 g/mol. The Labute approximate surface area is 96.4 Å². The van der Waals surface area contributed by atoms with E-state index in [1.807, 2.05) is 0 Å². The molecule has 0 spiro atoms. The summed E-state index contributed by atoms with van der Waals surface area (Å²) in [5.41, 5.74) is 0.253. The van der Waals surface area contributed by atoms with E-state index in [1.54, 1.807) is 13.0 Å². The Balaban J connectivity index is 3.44. The molecule has 1 aromatic carbocycles. The average Bonchev–Trinajstić information content (AvgIpc) is 2.27. The monoisotopic (exact) mass is 238 g/mol. The van der Waals surface area contributed by atoms with Gasteiger partial charge in [0.2, 0.25) is 0 Å². The number of nitro groups is 1. The van der Waals surface area contributed by atoms with Crippen molar-refractivity contribution in [3.05, 3.63) is 38.9 Å². The van der Waals surface area contributed by atoms with E-state index in [0.29, 0.717) is 5.56 Å². The van der Waals surface area contributed by atoms with E-state index >= 15 is 0 Å². The molecule has 0 aliphatic heterocycles. The van der Waals surface area contributed by atoms with Crippen molar-refractivity contribution >= 4 is 23.1 Å². The molecule has 0 aromatic heterocycles. The molecule has 0 bridgehead atoms. The van der Waals surface area contributed by atoms with Crippen LogP contribution in [0.4, 0.5) is 5.69 Å². The Hall–Kier alpha value is -1.93. The van der Waals surface area contributed by atoms with Crippen LogP contribution in [0.5, 0.6) is 0 Å². The van der Waals surface area contributed by atoms with E-state index in [0.717, 1.165) is 0 Å². The van der Waals surface area contributed by atoms with Gasteiger partial charge in [0.05, 0.1) is 10.8 Å². The molecule has 0 N–H and O–H groups in total. The number of alkyl halides is 1. The number of hydrogen-bond donors (Lipinski definition) is 0. The molecule has 16 heavy (non-hydrogen) atoms. The summed E-state index contributed by atoms with van der Waals surface area (Å²) >= 11 is 5.39. The minimum Gasteiger partial charge on any atom is -0.293 e. The third-order valence-corrected chi connectivity index (χ3v) is 2.32. The number of halogens is 1. The molecule has 1 rings (SSSR count). The van der Waals surface area contributed by atoms with E-state index in [2.05, 4.69) is 0 Å². The highest BCUT2D eigenvalue weighted by Crippen LogP contribution is 2.23. The summed E-state index contributed by atoms with van der Waals surface area (Å²) in [6.45, 7) is 1.56. The fraction of sp³-hybridized carbons (Fsp3) is 0.200. The summed E-state index contributed by atoms with van der Waals surface area (Å²) in [6, 6.07) is 4.10. The maximum absolute atomic E-state index is 11.4. The Morgan fingerprint density at radius 3 is 2.69 bits per heavy atom. The van der Waals surface area contributed by atoms with Gasteiger partial charge in [-0.2, -0.15) is 5.26 Å². The van der Waals surface area contributed by atoms with Gasteiger partial charge in [-0.3, -0.25) is 14.9 Å². The second-order valence-corrected chi connectivity index (χ2v) is 3.38. The van der Waals surface area contributed by atoms with Gasteiger partial charge in [0.1, 0.15) is 11.6 Å². The van der Waals surface area contributed by atoms with Crippen LogP contribution < -0.4 is 0 Å². The quantitative estimate of drug-likeness (QED) is 0.350. The Morgan fingerprint density at radius 2 is 2.25 bits per heavy atom. The van der Waals surface area contributed by atoms with E-state index < -0.39 is 4.92 Å². The number of nitrogens with zero attached hydrogens (tertiary/aromatic N) is 2. The molecule has 0 heterocycles. The van der Waals surface area contributed by atoms with Crippen molar-refractivity contribution in [1.29, 1.82) is 5.26 Å². The van der Waals surface area contributed by atoms with Crippen molar-refractivity contribution in [2.75, 3.05) is 5.88 Å². The number of carbonyl (C=O) groups excluding carboxylic acids is 1. The van der Waals surface area contributed by atoms with E-state index in [1.165, 1.54) is 12.1 Å². The number of rotatable bonds is 3. The van der Waals surface area contributed by atoms with Crippen LogP contribution in [0.3, 0.4) is 0 Å². The highest BCUT2D eigenvalue weighted by Gasteiger charge is 2.18. The van der Waals surface area contributed by atoms with Gasteiger partial charge in [-0.1, -0.05) is 0 Å². The second kappa shape index (κ2) is 4.73.